The normalized spacial score (nSPS) is 11.8. The fourth-order valence-corrected chi connectivity index (χ4v) is 2.47. The third kappa shape index (κ3) is 3.26. The first kappa shape index (κ1) is 15.2. The number of aldehydes is 1. The van der Waals surface area contributed by atoms with E-state index >= 15 is 0 Å². The molecule has 0 saturated carbocycles. The summed E-state index contributed by atoms with van der Waals surface area (Å²) in [4.78, 5) is 10.6. The molecular weight excluding hydrogens is 384 g/mol. The lowest BCUT2D eigenvalue weighted by molar-refractivity contribution is -0.104. The Balaban J connectivity index is 2.55. The molecule has 0 aliphatic carbocycles. The van der Waals surface area contributed by atoms with Crippen molar-refractivity contribution < 1.29 is 9.90 Å². The van der Waals surface area contributed by atoms with Crippen molar-refractivity contribution in [3.05, 3.63) is 80.8 Å². The van der Waals surface area contributed by atoms with Crippen LogP contribution in [0.1, 0.15) is 11.1 Å². The molecule has 0 unspecified atom stereocenters. The van der Waals surface area contributed by atoms with Gasteiger partial charge >= 0.3 is 0 Å². The zero-order valence-corrected chi connectivity index (χ0v) is 13.6. The molecule has 20 heavy (non-hydrogen) atoms. The van der Waals surface area contributed by atoms with Crippen LogP contribution in [0, 0.1) is 0 Å². The number of hydrogen-bond donors (Lipinski definition) is 1. The maximum atomic E-state index is 11.0. The van der Waals surface area contributed by atoms with Crippen molar-refractivity contribution in [2.45, 2.75) is 5.60 Å². The minimum Gasteiger partial charge on any atom is -0.377 e. The topological polar surface area (TPSA) is 37.3 Å². The van der Waals surface area contributed by atoms with Crippen LogP contribution in [0.5, 0.6) is 0 Å². The summed E-state index contributed by atoms with van der Waals surface area (Å²) in [5, 5.41) is 11.0. The molecule has 2 nitrogen and oxygen atoms in total. The Morgan fingerprint density at radius 1 is 0.850 bits per heavy atom. The second kappa shape index (κ2) is 6.48. The van der Waals surface area contributed by atoms with Gasteiger partial charge < -0.3 is 5.11 Å². The van der Waals surface area contributed by atoms with Crippen LogP contribution < -0.4 is 0 Å². The van der Waals surface area contributed by atoms with Crippen molar-refractivity contribution in [3.63, 3.8) is 0 Å². The molecule has 2 aromatic rings. The average Bonchev–Trinajstić information content (AvgIpc) is 2.46. The number of rotatable bonds is 4. The molecule has 1 N–H and O–H groups in total. The zero-order valence-electron chi connectivity index (χ0n) is 10.5. The van der Waals surface area contributed by atoms with Crippen LogP contribution in [0.4, 0.5) is 0 Å². The van der Waals surface area contributed by atoms with Crippen molar-refractivity contribution in [1.29, 1.82) is 0 Å². The molecule has 0 spiro atoms. The van der Waals surface area contributed by atoms with E-state index in [4.69, 9.17) is 0 Å². The fraction of sp³-hybridized carbons (Fsp3) is 0.0625. The fourth-order valence-electron chi connectivity index (χ4n) is 1.95. The molecule has 0 aromatic heterocycles. The summed E-state index contributed by atoms with van der Waals surface area (Å²) < 4.78 is 1.86. The quantitative estimate of drug-likeness (QED) is 0.622. The van der Waals surface area contributed by atoms with Gasteiger partial charge in [0.1, 0.15) is 11.9 Å². The van der Waals surface area contributed by atoms with Gasteiger partial charge in [-0.05, 0) is 47.5 Å². The van der Waals surface area contributed by atoms with Gasteiger partial charge in [0.15, 0.2) is 0 Å². The zero-order chi connectivity index (χ0) is 14.6. The first-order chi connectivity index (χ1) is 9.56. The average molecular weight is 396 g/mol. The van der Waals surface area contributed by atoms with Crippen LogP contribution in [-0.2, 0) is 10.4 Å². The minimum atomic E-state index is -1.33. The van der Waals surface area contributed by atoms with E-state index in [9.17, 15) is 9.90 Å². The van der Waals surface area contributed by atoms with Crippen molar-refractivity contribution in [3.8, 4) is 0 Å². The van der Waals surface area contributed by atoms with Gasteiger partial charge in [-0.15, -0.1) is 0 Å². The minimum absolute atomic E-state index is 0.655. The lowest BCUT2D eigenvalue weighted by atomic mass is 9.86. The summed E-state index contributed by atoms with van der Waals surface area (Å²) in [6, 6.07) is 14.7. The van der Waals surface area contributed by atoms with E-state index in [2.05, 4.69) is 31.9 Å². The smallest absolute Gasteiger partial charge is 0.142 e. The van der Waals surface area contributed by atoms with Gasteiger partial charge in [0.05, 0.1) is 0 Å². The second-order valence-electron chi connectivity index (χ2n) is 4.28. The molecule has 102 valence electrons. The van der Waals surface area contributed by atoms with Gasteiger partial charge in [-0.1, -0.05) is 56.1 Å². The van der Waals surface area contributed by atoms with Gasteiger partial charge in [0.2, 0.25) is 0 Å². The van der Waals surface area contributed by atoms with E-state index < -0.39 is 5.60 Å². The Hall–Kier alpha value is -1.23. The van der Waals surface area contributed by atoms with Crippen LogP contribution in [0.2, 0.25) is 0 Å². The molecule has 2 rings (SSSR count). The molecule has 0 saturated heterocycles. The SMILES string of the molecule is O=C/C=C/C(O)(c1ccc(Br)cc1)c1ccc(Br)cc1. The lowest BCUT2D eigenvalue weighted by Gasteiger charge is -2.26. The predicted octanol–water partition coefficient (Wildman–Crippen LogP) is 4.20. The van der Waals surface area contributed by atoms with Gasteiger partial charge in [-0.25, -0.2) is 0 Å². The predicted molar refractivity (Wildman–Crippen MR) is 86.5 cm³/mol. The van der Waals surface area contributed by atoms with Gasteiger partial charge in [-0.3, -0.25) is 4.79 Å². The molecule has 4 heteroatoms. The number of halogens is 2. The molecule has 0 radical (unpaired) electrons. The van der Waals surface area contributed by atoms with Gasteiger partial charge in [-0.2, -0.15) is 0 Å². The summed E-state index contributed by atoms with van der Waals surface area (Å²) in [5.41, 5.74) is 0.0599. The Labute approximate surface area is 134 Å². The third-order valence-electron chi connectivity index (χ3n) is 2.98. The first-order valence-corrected chi connectivity index (χ1v) is 7.52. The van der Waals surface area contributed by atoms with E-state index in [1.165, 1.54) is 12.2 Å². The van der Waals surface area contributed by atoms with Crippen LogP contribution >= 0.6 is 31.9 Å². The number of aliphatic hydroxyl groups is 1. The molecule has 0 heterocycles. The van der Waals surface area contributed by atoms with E-state index in [0.717, 1.165) is 8.95 Å². The molecular formula is C16H12Br2O2. The van der Waals surface area contributed by atoms with Crippen LogP contribution in [0.25, 0.3) is 0 Å². The number of carbonyl (C=O) groups excluding carboxylic acids is 1. The van der Waals surface area contributed by atoms with Crippen molar-refractivity contribution >= 4 is 38.1 Å². The highest BCUT2D eigenvalue weighted by atomic mass is 79.9. The van der Waals surface area contributed by atoms with Crippen molar-refractivity contribution in [2.24, 2.45) is 0 Å². The Kier molecular flexibility index (Phi) is 4.91. The lowest BCUT2D eigenvalue weighted by Crippen LogP contribution is -2.24. The summed E-state index contributed by atoms with van der Waals surface area (Å²) in [5.74, 6) is 0. The molecule has 0 atom stereocenters. The first-order valence-electron chi connectivity index (χ1n) is 5.94. The highest BCUT2D eigenvalue weighted by Gasteiger charge is 2.28. The number of hydrogen-bond acceptors (Lipinski definition) is 2. The molecule has 0 aliphatic rings. The van der Waals surface area contributed by atoms with Gasteiger partial charge in [0, 0.05) is 8.95 Å². The van der Waals surface area contributed by atoms with Crippen molar-refractivity contribution in [2.75, 3.05) is 0 Å². The van der Waals surface area contributed by atoms with Crippen LogP contribution in [-0.4, -0.2) is 11.4 Å². The third-order valence-corrected chi connectivity index (χ3v) is 4.04. The standard InChI is InChI=1S/C16H12Br2O2/c17-14-6-2-12(3-7-14)16(20,10-1-11-19)13-4-8-15(18)9-5-13/h1-11,20H/b10-1+. The van der Waals surface area contributed by atoms with E-state index in [0.29, 0.717) is 17.4 Å². The summed E-state index contributed by atoms with van der Waals surface area (Å²) >= 11 is 6.74. The molecule has 2 aromatic carbocycles. The highest BCUT2D eigenvalue weighted by molar-refractivity contribution is 9.10. The maximum Gasteiger partial charge on any atom is 0.142 e. The Bertz CT molecular complexity index is 570. The van der Waals surface area contributed by atoms with E-state index in [-0.39, 0.29) is 0 Å². The monoisotopic (exact) mass is 394 g/mol. The molecule has 0 amide bonds. The molecule has 0 aliphatic heterocycles. The van der Waals surface area contributed by atoms with E-state index in [1.807, 2.05) is 48.5 Å². The Morgan fingerprint density at radius 2 is 1.25 bits per heavy atom. The largest absolute Gasteiger partial charge is 0.377 e. The van der Waals surface area contributed by atoms with Crippen LogP contribution in [0.3, 0.4) is 0 Å². The number of benzene rings is 2. The Morgan fingerprint density at radius 3 is 1.60 bits per heavy atom. The maximum absolute atomic E-state index is 11.0. The highest BCUT2D eigenvalue weighted by Crippen LogP contribution is 2.32. The van der Waals surface area contributed by atoms with Crippen LogP contribution in [0.15, 0.2) is 69.6 Å². The number of allylic oxidation sites excluding steroid dienone is 1. The summed E-state index contributed by atoms with van der Waals surface area (Å²) in [7, 11) is 0. The number of carbonyl (C=O) groups is 1. The van der Waals surface area contributed by atoms with Crippen molar-refractivity contribution in [1.82, 2.24) is 0 Å². The second-order valence-corrected chi connectivity index (χ2v) is 6.11. The summed E-state index contributed by atoms with van der Waals surface area (Å²) in [6.45, 7) is 0. The molecule has 0 bridgehead atoms. The van der Waals surface area contributed by atoms with E-state index in [1.54, 1.807) is 0 Å². The summed E-state index contributed by atoms with van der Waals surface area (Å²) in [6.07, 6.45) is 3.46. The van der Waals surface area contributed by atoms with Gasteiger partial charge in [0.25, 0.3) is 0 Å². The molecule has 0 fully saturated rings.